The summed E-state index contributed by atoms with van der Waals surface area (Å²) in [5.74, 6) is 2.70. The number of aromatic hydroxyl groups is 1. The summed E-state index contributed by atoms with van der Waals surface area (Å²) < 4.78 is 0. The van der Waals surface area contributed by atoms with Gasteiger partial charge in [-0.05, 0) is 59.0 Å². The Morgan fingerprint density at radius 3 is 2.52 bits per heavy atom. The van der Waals surface area contributed by atoms with Crippen LogP contribution in [0.2, 0.25) is 0 Å². The number of phenolic OH excluding ortho intramolecular Hbond substituents is 1. The van der Waals surface area contributed by atoms with Gasteiger partial charge in [0.15, 0.2) is 0 Å². The lowest BCUT2D eigenvalue weighted by Crippen LogP contribution is -2.17. The predicted molar refractivity (Wildman–Crippen MR) is 94.5 cm³/mol. The number of fused-ring (bicyclic) bond motifs is 1. The molecule has 0 fully saturated rings. The minimum absolute atomic E-state index is 0.0154. The Morgan fingerprint density at radius 2 is 1.76 bits per heavy atom. The second-order valence-electron chi connectivity index (χ2n) is 5.76. The number of hydrogen-bond donors (Lipinski definition) is 1. The maximum absolute atomic E-state index is 12.5. The summed E-state index contributed by atoms with van der Waals surface area (Å²) >= 11 is 0. The zero-order valence-electron chi connectivity index (χ0n) is 13.3. The molecule has 0 spiro atoms. The Bertz CT molecular complexity index is 1000. The van der Waals surface area contributed by atoms with Crippen molar-refractivity contribution in [2.75, 3.05) is 0 Å². The molecule has 0 atom stereocenters. The fourth-order valence-corrected chi connectivity index (χ4v) is 2.89. The Morgan fingerprint density at radius 1 is 1.00 bits per heavy atom. The van der Waals surface area contributed by atoms with Gasteiger partial charge < -0.3 is 5.11 Å². The van der Waals surface area contributed by atoms with Gasteiger partial charge in [0.2, 0.25) is 0 Å². The molecule has 0 aliphatic carbocycles. The van der Waals surface area contributed by atoms with E-state index < -0.39 is 0 Å². The third kappa shape index (κ3) is 2.84. The van der Waals surface area contributed by atoms with Crippen LogP contribution in [0.5, 0.6) is 5.75 Å². The van der Waals surface area contributed by atoms with Gasteiger partial charge in [0.05, 0.1) is 12.1 Å². The van der Waals surface area contributed by atoms with Crippen molar-refractivity contribution in [2.24, 2.45) is 0 Å². The first-order valence-electron chi connectivity index (χ1n) is 7.87. The number of amides is 1. The van der Waals surface area contributed by atoms with E-state index in [0.717, 1.165) is 22.3 Å². The molecule has 1 aliphatic heterocycles. The minimum Gasteiger partial charge on any atom is -0.507 e. The third-order valence-electron chi connectivity index (χ3n) is 4.11. The van der Waals surface area contributed by atoms with E-state index in [-0.39, 0.29) is 11.7 Å². The summed E-state index contributed by atoms with van der Waals surface area (Å²) in [6.07, 6.45) is 3.39. The monoisotopic (exact) mass is 326 g/mol. The van der Waals surface area contributed by atoms with Gasteiger partial charge in [-0.3, -0.25) is 14.7 Å². The molecule has 4 rings (SSSR count). The van der Waals surface area contributed by atoms with Crippen LogP contribution in [0.1, 0.15) is 21.5 Å². The van der Waals surface area contributed by atoms with E-state index >= 15 is 0 Å². The summed E-state index contributed by atoms with van der Waals surface area (Å²) in [4.78, 5) is 18.0. The molecule has 0 bridgehead atoms. The van der Waals surface area contributed by atoms with Crippen molar-refractivity contribution >= 4 is 5.91 Å². The summed E-state index contributed by atoms with van der Waals surface area (Å²) in [6, 6.07) is 19.7. The van der Waals surface area contributed by atoms with Crippen molar-refractivity contribution in [3.05, 3.63) is 83.7 Å². The second-order valence-corrected chi connectivity index (χ2v) is 5.76. The van der Waals surface area contributed by atoms with Crippen LogP contribution in [-0.2, 0) is 6.54 Å². The smallest absolute Gasteiger partial charge is 0.269 e. The molecule has 4 heteroatoms. The Hall–Kier alpha value is -3.58. The molecular weight excluding hydrogens is 312 g/mol. The van der Waals surface area contributed by atoms with Crippen molar-refractivity contribution in [3.8, 4) is 28.8 Å². The normalized spacial score (nSPS) is 12.5. The van der Waals surface area contributed by atoms with Gasteiger partial charge in [0.25, 0.3) is 5.91 Å². The number of nitrogens with zero attached hydrogens (tertiary/aromatic N) is 2. The van der Waals surface area contributed by atoms with Crippen LogP contribution in [0.3, 0.4) is 0 Å². The van der Waals surface area contributed by atoms with Crippen molar-refractivity contribution in [3.63, 3.8) is 0 Å². The SMILES string of the molecule is O=C1c2c(O)cc(-c3ccncc3)cc2CN1C#Cc1ccccc1. The van der Waals surface area contributed by atoms with Crippen LogP contribution in [-0.4, -0.2) is 20.9 Å². The van der Waals surface area contributed by atoms with Crippen molar-refractivity contribution in [1.29, 1.82) is 0 Å². The van der Waals surface area contributed by atoms with Crippen molar-refractivity contribution in [1.82, 2.24) is 9.88 Å². The molecule has 120 valence electrons. The Kier molecular flexibility index (Phi) is 3.68. The van der Waals surface area contributed by atoms with Gasteiger partial charge in [0, 0.05) is 24.0 Å². The van der Waals surface area contributed by atoms with Crippen LogP contribution < -0.4 is 0 Å². The number of hydrogen-bond acceptors (Lipinski definition) is 3. The van der Waals surface area contributed by atoms with Crippen LogP contribution in [0.4, 0.5) is 0 Å². The average Bonchev–Trinajstić information content (AvgIpc) is 2.98. The number of carbonyl (C=O) groups is 1. The van der Waals surface area contributed by atoms with Crippen LogP contribution in [0, 0.1) is 12.0 Å². The molecule has 0 unspecified atom stereocenters. The van der Waals surface area contributed by atoms with Crippen LogP contribution >= 0.6 is 0 Å². The molecule has 2 aromatic carbocycles. The quantitative estimate of drug-likeness (QED) is 0.697. The number of phenols is 1. The molecule has 1 aromatic heterocycles. The van der Waals surface area contributed by atoms with E-state index in [2.05, 4.69) is 16.9 Å². The largest absolute Gasteiger partial charge is 0.507 e. The van der Waals surface area contributed by atoms with E-state index in [1.54, 1.807) is 18.5 Å². The maximum Gasteiger partial charge on any atom is 0.269 e. The van der Waals surface area contributed by atoms with E-state index in [0.29, 0.717) is 12.1 Å². The van der Waals surface area contributed by atoms with Crippen molar-refractivity contribution < 1.29 is 9.90 Å². The molecule has 1 aliphatic rings. The van der Waals surface area contributed by atoms with Gasteiger partial charge in [-0.25, -0.2) is 0 Å². The number of pyridine rings is 1. The first-order chi connectivity index (χ1) is 12.2. The Balaban J connectivity index is 1.68. The minimum atomic E-state index is -0.266. The zero-order chi connectivity index (χ0) is 17.2. The average molecular weight is 326 g/mol. The van der Waals surface area contributed by atoms with Gasteiger partial charge in [0.1, 0.15) is 5.75 Å². The zero-order valence-corrected chi connectivity index (χ0v) is 13.3. The van der Waals surface area contributed by atoms with Gasteiger partial charge in [-0.2, -0.15) is 0 Å². The predicted octanol–water partition coefficient (Wildman–Crippen LogP) is 3.42. The fraction of sp³-hybridized carbons (Fsp3) is 0.0476. The highest BCUT2D eigenvalue weighted by Crippen LogP contribution is 2.34. The number of rotatable bonds is 1. The third-order valence-corrected chi connectivity index (χ3v) is 4.11. The van der Waals surface area contributed by atoms with Crippen molar-refractivity contribution in [2.45, 2.75) is 6.54 Å². The van der Waals surface area contributed by atoms with Gasteiger partial charge >= 0.3 is 0 Å². The summed E-state index contributed by atoms with van der Waals surface area (Å²) in [5, 5.41) is 10.3. The lowest BCUT2D eigenvalue weighted by molar-refractivity contribution is 0.0852. The molecule has 0 saturated heterocycles. The molecule has 0 radical (unpaired) electrons. The maximum atomic E-state index is 12.5. The van der Waals surface area contributed by atoms with E-state index in [9.17, 15) is 9.90 Å². The summed E-state index contributed by atoms with van der Waals surface area (Å²) in [6.45, 7) is 0.362. The van der Waals surface area contributed by atoms with E-state index in [1.165, 1.54) is 4.90 Å². The highest BCUT2D eigenvalue weighted by Gasteiger charge is 2.30. The highest BCUT2D eigenvalue weighted by molar-refractivity contribution is 6.02. The summed E-state index contributed by atoms with van der Waals surface area (Å²) in [5.41, 5.74) is 3.74. The lowest BCUT2D eigenvalue weighted by atomic mass is 10.0. The molecule has 3 aromatic rings. The molecule has 2 heterocycles. The van der Waals surface area contributed by atoms with Crippen LogP contribution in [0.25, 0.3) is 11.1 Å². The molecule has 1 amide bonds. The van der Waals surface area contributed by atoms with Gasteiger partial charge in [-0.15, -0.1) is 0 Å². The van der Waals surface area contributed by atoms with Crippen LogP contribution in [0.15, 0.2) is 67.0 Å². The Labute approximate surface area is 145 Å². The highest BCUT2D eigenvalue weighted by atomic mass is 16.3. The second kappa shape index (κ2) is 6.14. The standard InChI is InChI=1S/C21H14N2O2/c24-19-13-17(16-6-9-22-10-7-16)12-18-14-23(21(25)20(18)19)11-8-15-4-2-1-3-5-15/h1-7,9-10,12-13,24H,14H2. The molecule has 1 N–H and O–H groups in total. The number of aromatic nitrogens is 1. The van der Waals surface area contributed by atoms with E-state index in [4.69, 9.17) is 0 Å². The molecule has 4 nitrogen and oxygen atoms in total. The van der Waals surface area contributed by atoms with E-state index in [1.807, 2.05) is 48.5 Å². The first-order valence-corrected chi connectivity index (χ1v) is 7.87. The van der Waals surface area contributed by atoms with Gasteiger partial charge in [-0.1, -0.05) is 18.2 Å². The number of carbonyl (C=O) groups excluding carboxylic acids is 1. The fourth-order valence-electron chi connectivity index (χ4n) is 2.89. The topological polar surface area (TPSA) is 53.4 Å². The summed E-state index contributed by atoms with van der Waals surface area (Å²) in [7, 11) is 0. The first kappa shape index (κ1) is 15.0. The number of benzene rings is 2. The molecule has 25 heavy (non-hydrogen) atoms. The molecule has 0 saturated carbocycles. The lowest BCUT2D eigenvalue weighted by Gasteiger charge is -2.05. The molecular formula is C21H14N2O2.